The molecule has 0 aromatic rings. The second-order valence-electron chi connectivity index (χ2n) is 7.09. The highest BCUT2D eigenvalue weighted by Crippen LogP contribution is 2.56. The summed E-state index contributed by atoms with van der Waals surface area (Å²) < 4.78 is 28.9. The van der Waals surface area contributed by atoms with E-state index >= 15 is 0 Å². The van der Waals surface area contributed by atoms with Gasteiger partial charge in [0.05, 0.1) is 23.7 Å². The number of hydrogen-bond donors (Lipinski definition) is 1. The van der Waals surface area contributed by atoms with E-state index in [1.807, 2.05) is 0 Å². The molecule has 7 heteroatoms. The first kappa shape index (κ1) is 17.6. The zero-order valence-corrected chi connectivity index (χ0v) is 13.9. The minimum Gasteiger partial charge on any atom is -0.481 e. The molecule has 0 aliphatic heterocycles. The van der Waals surface area contributed by atoms with Crippen LogP contribution in [0.15, 0.2) is 0 Å². The molecule has 1 rings (SSSR count). The Kier molecular flexibility index (Phi) is 5.08. The molecule has 0 saturated heterocycles. The number of hydrogen-bond acceptors (Lipinski definition) is 5. The van der Waals surface area contributed by atoms with Crippen molar-refractivity contribution in [2.75, 3.05) is 6.61 Å². The maximum atomic E-state index is 12.6. The van der Waals surface area contributed by atoms with Crippen molar-refractivity contribution >= 4 is 13.8 Å². The van der Waals surface area contributed by atoms with Crippen molar-refractivity contribution in [3.63, 3.8) is 0 Å². The van der Waals surface area contributed by atoms with Crippen LogP contribution in [0.5, 0.6) is 0 Å². The van der Waals surface area contributed by atoms with Crippen molar-refractivity contribution < 1.29 is 28.0 Å². The van der Waals surface area contributed by atoms with Gasteiger partial charge in [0, 0.05) is 0 Å². The van der Waals surface area contributed by atoms with Gasteiger partial charge < -0.3 is 5.11 Å². The zero-order chi connectivity index (χ0) is 15.8. The highest BCUT2D eigenvalue weighted by atomic mass is 31.2. The van der Waals surface area contributed by atoms with E-state index in [0.717, 1.165) is 0 Å². The third-order valence-corrected chi connectivity index (χ3v) is 4.47. The van der Waals surface area contributed by atoms with Crippen LogP contribution in [0.3, 0.4) is 0 Å². The molecular weight excluding hydrogens is 283 g/mol. The number of carbonyl (C=O) groups is 1. The summed E-state index contributed by atoms with van der Waals surface area (Å²) in [7, 11) is -3.73. The predicted molar refractivity (Wildman–Crippen MR) is 74.5 cm³/mol. The molecule has 118 valence electrons. The van der Waals surface area contributed by atoms with Crippen LogP contribution in [0, 0.1) is 11.8 Å². The normalized spacial score (nSPS) is 23.7. The first-order chi connectivity index (χ1) is 8.81. The van der Waals surface area contributed by atoms with E-state index in [-0.39, 0.29) is 12.5 Å². The van der Waals surface area contributed by atoms with Crippen molar-refractivity contribution in [2.45, 2.75) is 59.2 Å². The van der Waals surface area contributed by atoms with Gasteiger partial charge in [-0.15, -0.1) is 0 Å². The lowest BCUT2D eigenvalue weighted by Gasteiger charge is -2.30. The number of phosphoric ester groups is 1. The summed E-state index contributed by atoms with van der Waals surface area (Å²) in [5.74, 6) is -1.37. The molecule has 1 aliphatic carbocycles. The first-order valence-corrected chi connectivity index (χ1v) is 8.16. The van der Waals surface area contributed by atoms with Gasteiger partial charge in [0.2, 0.25) is 0 Å². The van der Waals surface area contributed by atoms with Crippen LogP contribution in [0.2, 0.25) is 0 Å². The third kappa shape index (κ3) is 6.35. The quantitative estimate of drug-likeness (QED) is 0.757. The van der Waals surface area contributed by atoms with Crippen LogP contribution < -0.4 is 0 Å². The molecule has 0 unspecified atom stereocenters. The summed E-state index contributed by atoms with van der Waals surface area (Å²) in [6, 6.07) is 0. The van der Waals surface area contributed by atoms with Crippen molar-refractivity contribution in [1.29, 1.82) is 0 Å². The predicted octanol–water partition coefficient (Wildman–Crippen LogP) is 3.46. The van der Waals surface area contributed by atoms with Gasteiger partial charge in [-0.05, 0) is 53.9 Å². The molecule has 1 saturated carbocycles. The summed E-state index contributed by atoms with van der Waals surface area (Å²) in [5.41, 5.74) is -1.37. The van der Waals surface area contributed by atoms with Crippen molar-refractivity contribution in [3.05, 3.63) is 0 Å². The Labute approximate surface area is 120 Å². The summed E-state index contributed by atoms with van der Waals surface area (Å²) in [4.78, 5) is 10.8. The van der Waals surface area contributed by atoms with Crippen LogP contribution in [0.1, 0.15) is 48.0 Å². The zero-order valence-electron chi connectivity index (χ0n) is 13.0. The summed E-state index contributed by atoms with van der Waals surface area (Å²) in [6.45, 7) is 10.6. The molecule has 0 spiro atoms. The van der Waals surface area contributed by atoms with Gasteiger partial charge in [0.1, 0.15) is 0 Å². The van der Waals surface area contributed by atoms with Crippen molar-refractivity contribution in [1.82, 2.24) is 0 Å². The van der Waals surface area contributed by atoms with E-state index in [1.165, 1.54) is 0 Å². The Morgan fingerprint density at radius 2 is 1.60 bits per heavy atom. The Morgan fingerprint density at radius 3 is 1.90 bits per heavy atom. The maximum absolute atomic E-state index is 12.6. The van der Waals surface area contributed by atoms with Gasteiger partial charge in [-0.25, -0.2) is 4.57 Å². The van der Waals surface area contributed by atoms with Gasteiger partial charge >= 0.3 is 13.8 Å². The lowest BCUT2D eigenvalue weighted by molar-refractivity contribution is -0.139. The number of rotatable bonds is 6. The van der Waals surface area contributed by atoms with E-state index in [4.69, 9.17) is 18.7 Å². The number of phosphoric acid groups is 1. The molecule has 2 atom stereocenters. The maximum Gasteiger partial charge on any atom is 0.475 e. The Bertz CT molecular complexity index is 386. The number of carboxylic acids is 1. The van der Waals surface area contributed by atoms with Crippen LogP contribution in [-0.2, 0) is 22.9 Å². The molecule has 20 heavy (non-hydrogen) atoms. The second-order valence-corrected chi connectivity index (χ2v) is 8.61. The van der Waals surface area contributed by atoms with Gasteiger partial charge in [-0.1, -0.05) is 0 Å². The molecule has 1 aliphatic rings. The summed E-state index contributed by atoms with van der Waals surface area (Å²) >= 11 is 0. The van der Waals surface area contributed by atoms with Gasteiger partial charge in [-0.3, -0.25) is 18.4 Å². The Hall–Kier alpha value is -0.420. The summed E-state index contributed by atoms with van der Waals surface area (Å²) in [5, 5.41) is 8.84. The van der Waals surface area contributed by atoms with Gasteiger partial charge in [0.15, 0.2) is 0 Å². The van der Waals surface area contributed by atoms with E-state index < -0.39 is 30.9 Å². The average molecular weight is 308 g/mol. The van der Waals surface area contributed by atoms with Crippen LogP contribution in [-0.4, -0.2) is 28.9 Å². The fraction of sp³-hybridized carbons (Fsp3) is 0.923. The van der Waals surface area contributed by atoms with Crippen LogP contribution >= 0.6 is 7.82 Å². The SMILES string of the molecule is CC(C)(C)OP(=O)(OC[C@H]1C[C@H]1C(=O)O)OC(C)(C)C. The molecule has 0 radical (unpaired) electrons. The van der Waals surface area contributed by atoms with Gasteiger partial charge in [-0.2, -0.15) is 0 Å². The lowest BCUT2D eigenvalue weighted by Crippen LogP contribution is -2.25. The van der Waals surface area contributed by atoms with Crippen LogP contribution in [0.4, 0.5) is 0 Å². The Morgan fingerprint density at radius 1 is 1.15 bits per heavy atom. The minimum absolute atomic E-state index is 0.0698. The largest absolute Gasteiger partial charge is 0.481 e. The third-order valence-electron chi connectivity index (χ3n) is 2.46. The van der Waals surface area contributed by atoms with Crippen molar-refractivity contribution in [2.24, 2.45) is 11.8 Å². The smallest absolute Gasteiger partial charge is 0.475 e. The van der Waals surface area contributed by atoms with Gasteiger partial charge in [0.25, 0.3) is 0 Å². The molecule has 6 nitrogen and oxygen atoms in total. The number of carboxylic acid groups (broad SMARTS) is 1. The first-order valence-electron chi connectivity index (χ1n) is 6.70. The molecule has 0 bridgehead atoms. The second kappa shape index (κ2) is 5.76. The van der Waals surface area contributed by atoms with Crippen LogP contribution in [0.25, 0.3) is 0 Å². The standard InChI is InChI=1S/C13H25O6P/c1-12(2,3)18-20(16,19-13(4,5)6)17-8-9-7-10(9)11(14)15/h9-10H,7-8H2,1-6H3,(H,14,15)/t9-,10-/m1/s1. The molecule has 0 heterocycles. The topological polar surface area (TPSA) is 82.1 Å². The average Bonchev–Trinajstić information content (AvgIpc) is 2.86. The fourth-order valence-corrected chi connectivity index (χ4v) is 3.52. The molecular formula is C13H25O6P. The Balaban J connectivity index is 2.64. The highest BCUT2D eigenvalue weighted by Gasteiger charge is 2.46. The van der Waals surface area contributed by atoms with Crippen molar-refractivity contribution in [3.8, 4) is 0 Å². The van der Waals surface area contributed by atoms with E-state index in [9.17, 15) is 9.36 Å². The molecule has 1 fully saturated rings. The summed E-state index contributed by atoms with van der Waals surface area (Å²) in [6.07, 6.45) is 0.542. The molecule has 0 aromatic carbocycles. The molecule has 0 amide bonds. The lowest BCUT2D eigenvalue weighted by atomic mass is 10.2. The minimum atomic E-state index is -3.73. The fourth-order valence-electron chi connectivity index (χ4n) is 1.66. The molecule has 1 N–H and O–H groups in total. The number of aliphatic carboxylic acids is 1. The van der Waals surface area contributed by atoms with E-state index in [2.05, 4.69) is 0 Å². The monoisotopic (exact) mass is 308 g/mol. The van der Waals surface area contributed by atoms with E-state index in [1.54, 1.807) is 41.5 Å². The molecule has 0 aromatic heterocycles. The highest BCUT2D eigenvalue weighted by molar-refractivity contribution is 7.48. The van der Waals surface area contributed by atoms with E-state index in [0.29, 0.717) is 6.42 Å².